The Balaban J connectivity index is 2.38. The lowest BCUT2D eigenvalue weighted by molar-refractivity contribution is 0.0909. The summed E-state index contributed by atoms with van der Waals surface area (Å²) < 4.78 is 1.89. The van der Waals surface area contributed by atoms with Gasteiger partial charge in [-0.05, 0) is 46.2 Å². The molecule has 0 saturated heterocycles. The van der Waals surface area contributed by atoms with Gasteiger partial charge in [0.25, 0.3) is 0 Å². The summed E-state index contributed by atoms with van der Waals surface area (Å²) in [5.41, 5.74) is 1.96. The maximum Gasteiger partial charge on any atom is 0.183 e. The highest BCUT2D eigenvalue weighted by Crippen LogP contribution is 2.21. The molecule has 0 amide bonds. The molecule has 2 rings (SSSR count). The van der Waals surface area contributed by atoms with Gasteiger partial charge in [0.1, 0.15) is 5.69 Å². The second-order valence-electron chi connectivity index (χ2n) is 5.46. The standard InChI is InChI=1S/C14H23N3O/c1-10(2)17-13-12(9-16-17)5-4-7-15-8-6-11(3)14(13)18/h9-11,15H,4-8H2,1-3H3. The number of rotatable bonds is 1. The zero-order valence-electron chi connectivity index (χ0n) is 11.6. The molecule has 0 saturated carbocycles. The van der Waals surface area contributed by atoms with E-state index in [-0.39, 0.29) is 17.7 Å². The fraction of sp³-hybridized carbons (Fsp3) is 0.714. The number of nitrogens with zero attached hydrogens (tertiary/aromatic N) is 2. The summed E-state index contributed by atoms with van der Waals surface area (Å²) in [6.45, 7) is 8.12. The third kappa shape index (κ3) is 2.64. The van der Waals surface area contributed by atoms with E-state index in [0.29, 0.717) is 0 Å². The van der Waals surface area contributed by atoms with Crippen LogP contribution in [0.4, 0.5) is 0 Å². The van der Waals surface area contributed by atoms with Crippen LogP contribution < -0.4 is 5.32 Å². The van der Waals surface area contributed by atoms with Gasteiger partial charge in [-0.3, -0.25) is 9.48 Å². The summed E-state index contributed by atoms with van der Waals surface area (Å²) in [6.07, 6.45) is 4.79. The Bertz CT molecular complexity index is 423. The largest absolute Gasteiger partial charge is 0.317 e. The fourth-order valence-electron chi connectivity index (χ4n) is 2.46. The van der Waals surface area contributed by atoms with Crippen molar-refractivity contribution in [3.8, 4) is 0 Å². The minimum absolute atomic E-state index is 0.0727. The van der Waals surface area contributed by atoms with Crippen LogP contribution in [0.2, 0.25) is 0 Å². The Labute approximate surface area is 109 Å². The molecule has 0 radical (unpaired) electrons. The highest BCUT2D eigenvalue weighted by Gasteiger charge is 2.24. The predicted molar refractivity (Wildman–Crippen MR) is 71.9 cm³/mol. The second-order valence-corrected chi connectivity index (χ2v) is 5.46. The van der Waals surface area contributed by atoms with E-state index in [1.165, 1.54) is 0 Å². The van der Waals surface area contributed by atoms with Crippen molar-refractivity contribution in [2.45, 2.75) is 46.1 Å². The van der Waals surface area contributed by atoms with Crippen LogP contribution in [0.5, 0.6) is 0 Å². The lowest BCUT2D eigenvalue weighted by Crippen LogP contribution is -2.26. The van der Waals surface area contributed by atoms with E-state index in [2.05, 4.69) is 24.3 Å². The molecular formula is C14H23N3O. The number of hydrogen-bond acceptors (Lipinski definition) is 3. The molecule has 1 aliphatic rings. The molecule has 0 fully saturated rings. The average Bonchev–Trinajstić information content (AvgIpc) is 2.75. The number of aromatic nitrogens is 2. The molecule has 4 heteroatoms. The van der Waals surface area contributed by atoms with Crippen LogP contribution in [0.3, 0.4) is 0 Å². The number of ketones is 1. The van der Waals surface area contributed by atoms with Crippen molar-refractivity contribution in [1.82, 2.24) is 15.1 Å². The average molecular weight is 249 g/mol. The summed E-state index contributed by atoms with van der Waals surface area (Å²) >= 11 is 0. The summed E-state index contributed by atoms with van der Waals surface area (Å²) in [4.78, 5) is 12.6. The van der Waals surface area contributed by atoms with E-state index in [9.17, 15) is 4.79 Å². The third-order valence-electron chi connectivity index (χ3n) is 3.60. The maximum atomic E-state index is 12.6. The van der Waals surface area contributed by atoms with E-state index in [4.69, 9.17) is 0 Å². The van der Waals surface area contributed by atoms with E-state index in [1.54, 1.807) is 0 Å². The molecule has 1 aliphatic heterocycles. The first kappa shape index (κ1) is 13.3. The summed E-state index contributed by atoms with van der Waals surface area (Å²) in [5.74, 6) is 0.323. The molecule has 1 aromatic heterocycles. The van der Waals surface area contributed by atoms with Gasteiger partial charge in [0.05, 0.1) is 6.20 Å². The first-order valence-corrected chi connectivity index (χ1v) is 6.92. The van der Waals surface area contributed by atoms with Gasteiger partial charge in [-0.1, -0.05) is 6.92 Å². The number of carbonyl (C=O) groups excluding carboxylic acids is 1. The molecule has 1 unspecified atom stereocenters. The SMILES string of the molecule is CC1CCNCCCc2cnn(C(C)C)c2C1=O. The van der Waals surface area contributed by atoms with Crippen LogP contribution in [0.1, 0.15) is 55.7 Å². The lowest BCUT2D eigenvalue weighted by atomic mass is 9.95. The quantitative estimate of drug-likeness (QED) is 0.830. The van der Waals surface area contributed by atoms with Crippen molar-refractivity contribution >= 4 is 5.78 Å². The third-order valence-corrected chi connectivity index (χ3v) is 3.60. The number of carbonyl (C=O) groups is 1. The van der Waals surface area contributed by atoms with Crippen molar-refractivity contribution < 1.29 is 4.79 Å². The minimum atomic E-state index is 0.0727. The topological polar surface area (TPSA) is 46.9 Å². The predicted octanol–water partition coefficient (Wildman–Crippen LogP) is 2.21. The first-order chi connectivity index (χ1) is 8.61. The zero-order chi connectivity index (χ0) is 13.1. The molecular weight excluding hydrogens is 226 g/mol. The molecule has 100 valence electrons. The zero-order valence-corrected chi connectivity index (χ0v) is 11.6. The number of aryl methyl sites for hydroxylation is 1. The highest BCUT2D eigenvalue weighted by molar-refractivity contribution is 5.97. The maximum absolute atomic E-state index is 12.6. The molecule has 2 heterocycles. The van der Waals surface area contributed by atoms with Crippen molar-refractivity contribution in [2.24, 2.45) is 5.92 Å². The monoisotopic (exact) mass is 249 g/mol. The Morgan fingerprint density at radius 2 is 2.22 bits per heavy atom. The molecule has 0 aromatic carbocycles. The van der Waals surface area contributed by atoms with E-state index in [0.717, 1.165) is 43.6 Å². The van der Waals surface area contributed by atoms with Crippen LogP contribution in [0.25, 0.3) is 0 Å². The van der Waals surface area contributed by atoms with E-state index >= 15 is 0 Å². The van der Waals surface area contributed by atoms with Gasteiger partial charge < -0.3 is 5.32 Å². The van der Waals surface area contributed by atoms with Gasteiger partial charge in [-0.25, -0.2) is 0 Å². The first-order valence-electron chi connectivity index (χ1n) is 6.92. The number of fused-ring (bicyclic) bond motifs is 1. The normalized spacial score (nSPS) is 22.0. The molecule has 4 nitrogen and oxygen atoms in total. The number of Topliss-reactive ketones (excluding diaryl/α,β-unsaturated/α-hetero) is 1. The van der Waals surface area contributed by atoms with Crippen LogP contribution in [0.15, 0.2) is 6.20 Å². The van der Waals surface area contributed by atoms with Crippen LogP contribution in [-0.4, -0.2) is 28.7 Å². The molecule has 1 aromatic rings. The van der Waals surface area contributed by atoms with Crippen LogP contribution in [-0.2, 0) is 6.42 Å². The van der Waals surface area contributed by atoms with Gasteiger partial charge in [0.2, 0.25) is 0 Å². The summed E-state index contributed by atoms with van der Waals surface area (Å²) in [5, 5.41) is 7.79. The molecule has 0 spiro atoms. The molecule has 0 aliphatic carbocycles. The van der Waals surface area contributed by atoms with Gasteiger partial charge >= 0.3 is 0 Å². The lowest BCUT2D eigenvalue weighted by Gasteiger charge is -2.17. The van der Waals surface area contributed by atoms with Crippen molar-refractivity contribution in [2.75, 3.05) is 13.1 Å². The molecule has 1 N–H and O–H groups in total. The Morgan fingerprint density at radius 1 is 1.44 bits per heavy atom. The minimum Gasteiger partial charge on any atom is -0.317 e. The molecule has 0 bridgehead atoms. The summed E-state index contributed by atoms with van der Waals surface area (Å²) in [6, 6.07) is 0.242. The van der Waals surface area contributed by atoms with E-state index < -0.39 is 0 Å². The van der Waals surface area contributed by atoms with Gasteiger partial charge in [0, 0.05) is 17.5 Å². The van der Waals surface area contributed by atoms with Gasteiger partial charge in [-0.15, -0.1) is 0 Å². The van der Waals surface area contributed by atoms with Crippen molar-refractivity contribution in [1.29, 1.82) is 0 Å². The Hall–Kier alpha value is -1.16. The Kier molecular flexibility index (Phi) is 4.17. The molecule has 1 atom stereocenters. The van der Waals surface area contributed by atoms with Crippen LogP contribution >= 0.6 is 0 Å². The highest BCUT2D eigenvalue weighted by atomic mass is 16.1. The van der Waals surface area contributed by atoms with Crippen molar-refractivity contribution in [3.05, 3.63) is 17.5 Å². The smallest absolute Gasteiger partial charge is 0.183 e. The van der Waals surface area contributed by atoms with E-state index in [1.807, 2.05) is 17.8 Å². The molecule has 18 heavy (non-hydrogen) atoms. The number of nitrogens with one attached hydrogen (secondary N) is 1. The van der Waals surface area contributed by atoms with Gasteiger partial charge in [-0.2, -0.15) is 5.10 Å². The second kappa shape index (κ2) is 5.65. The number of hydrogen-bond donors (Lipinski definition) is 1. The van der Waals surface area contributed by atoms with Crippen LogP contribution in [0, 0.1) is 5.92 Å². The van der Waals surface area contributed by atoms with Gasteiger partial charge in [0.15, 0.2) is 5.78 Å². The fourth-order valence-corrected chi connectivity index (χ4v) is 2.46. The van der Waals surface area contributed by atoms with Crippen molar-refractivity contribution in [3.63, 3.8) is 0 Å². The summed E-state index contributed by atoms with van der Waals surface area (Å²) in [7, 11) is 0. The Morgan fingerprint density at radius 3 is 2.94 bits per heavy atom.